The number of hydrogen-bond acceptors (Lipinski definition) is 7. The fraction of sp³-hybridized carbons (Fsp3) is 0.267. The third-order valence-corrected chi connectivity index (χ3v) is 4.72. The Bertz CT molecular complexity index is 948. The van der Waals surface area contributed by atoms with Crippen LogP contribution in [-0.4, -0.2) is 38.9 Å². The summed E-state index contributed by atoms with van der Waals surface area (Å²) in [5, 5.41) is 5.93. The van der Waals surface area contributed by atoms with Gasteiger partial charge in [-0.1, -0.05) is 0 Å². The number of aromatic amines is 1. The molecule has 0 radical (unpaired) electrons. The molecule has 9 heteroatoms. The highest BCUT2D eigenvalue weighted by molar-refractivity contribution is 7.14. The van der Waals surface area contributed by atoms with Crippen LogP contribution in [0.25, 0.3) is 22.4 Å². The van der Waals surface area contributed by atoms with Crippen LogP contribution < -0.4 is 5.32 Å². The Kier molecular flexibility index (Phi) is 3.49. The summed E-state index contributed by atoms with van der Waals surface area (Å²) in [6, 6.07) is 1.88. The van der Waals surface area contributed by atoms with Crippen LogP contribution in [0.4, 0.5) is 5.13 Å². The largest absolute Gasteiger partial charge is 0.469 e. The highest BCUT2D eigenvalue weighted by atomic mass is 32.1. The summed E-state index contributed by atoms with van der Waals surface area (Å²) >= 11 is 1.31. The van der Waals surface area contributed by atoms with E-state index in [2.05, 4.69) is 30.0 Å². The van der Waals surface area contributed by atoms with E-state index in [1.165, 1.54) is 24.8 Å². The van der Waals surface area contributed by atoms with Crippen LogP contribution in [-0.2, 0) is 14.3 Å². The number of nitrogens with zero attached hydrogens (tertiary/aromatic N) is 3. The van der Waals surface area contributed by atoms with Gasteiger partial charge < -0.3 is 15.0 Å². The second-order valence-corrected chi connectivity index (χ2v) is 6.32. The fourth-order valence-electron chi connectivity index (χ4n) is 2.61. The summed E-state index contributed by atoms with van der Waals surface area (Å²) in [4.78, 5) is 39.4. The van der Waals surface area contributed by atoms with Crippen molar-refractivity contribution in [3.63, 3.8) is 0 Å². The molecule has 0 aromatic carbocycles. The molecule has 3 aromatic heterocycles. The average Bonchev–Trinajstić information content (AvgIpc) is 3.02. The monoisotopic (exact) mass is 349 g/mol. The number of hydrogen-bond donors (Lipinski definition) is 2. The van der Waals surface area contributed by atoms with Gasteiger partial charge in [-0.05, 0) is 12.5 Å². The van der Waals surface area contributed by atoms with Crippen molar-refractivity contribution in [3.05, 3.63) is 24.0 Å². The lowest BCUT2D eigenvalue weighted by Crippen LogP contribution is -2.17. The second-order valence-electron chi connectivity index (χ2n) is 5.46. The number of fused-ring (bicyclic) bond motifs is 1. The minimum Gasteiger partial charge on any atom is -0.469 e. The van der Waals surface area contributed by atoms with Gasteiger partial charge in [-0.15, -0.1) is 11.3 Å². The molecule has 0 saturated heterocycles. The lowest BCUT2D eigenvalue weighted by Gasteiger charge is -2.00. The smallest absolute Gasteiger partial charge is 0.309 e. The maximum atomic E-state index is 12.1. The number of H-pyrrole nitrogens is 1. The summed E-state index contributed by atoms with van der Waals surface area (Å²) in [6.45, 7) is 0. The molecule has 128 valence electrons. The molecule has 0 aliphatic heterocycles. The van der Waals surface area contributed by atoms with Crippen LogP contribution in [0.3, 0.4) is 0 Å². The molecule has 1 amide bonds. The fourth-order valence-corrected chi connectivity index (χ4v) is 3.31. The highest BCUT2D eigenvalue weighted by Gasteiger charge is 2.49. The number of methoxy groups -OCH3 is 1. The van der Waals surface area contributed by atoms with E-state index in [9.17, 15) is 9.59 Å². The van der Waals surface area contributed by atoms with Gasteiger partial charge in [-0.3, -0.25) is 9.59 Å². The van der Waals surface area contributed by atoms with Gasteiger partial charge in [0, 0.05) is 21.2 Å². The number of carbonyl (C=O) groups excluding carboxylic acids is 2. The molecule has 1 aliphatic rings. The van der Waals surface area contributed by atoms with E-state index in [-0.39, 0.29) is 28.0 Å². The molecule has 3 aromatic rings. The molecule has 0 bridgehead atoms. The molecule has 0 spiro atoms. The first kappa shape index (κ1) is 14.8. The molecule has 4 rings (SSSR count). The minimum atomic E-state index is -0.342. The number of thiazole rings is 1. The van der Waals surface area contributed by atoms with Crippen LogP contribution in [0.5, 0.6) is 0 Å². The Balaban J connectivity index is 0.00000121. The number of rotatable bonds is 4. The van der Waals surface area contributed by atoms with Gasteiger partial charge in [0.05, 0.1) is 18.9 Å². The molecular weight excluding hydrogens is 330 g/mol. The first-order valence-corrected chi connectivity index (χ1v) is 8.18. The molecule has 0 unspecified atom stereocenters. The van der Waals surface area contributed by atoms with Crippen molar-refractivity contribution >= 4 is 39.4 Å². The molecule has 3 heterocycles. The zero-order chi connectivity index (χ0) is 16.7. The van der Waals surface area contributed by atoms with Crippen LogP contribution in [0.2, 0.25) is 0 Å². The normalized spacial score (nSPS) is 19.2. The first-order valence-electron chi connectivity index (χ1n) is 7.30. The minimum absolute atomic E-state index is 0. The van der Waals surface area contributed by atoms with Gasteiger partial charge in [-0.2, -0.15) is 0 Å². The highest BCUT2D eigenvalue weighted by Crippen LogP contribution is 2.40. The van der Waals surface area contributed by atoms with E-state index in [4.69, 9.17) is 0 Å². The van der Waals surface area contributed by atoms with E-state index >= 15 is 0 Å². The van der Waals surface area contributed by atoms with Crippen LogP contribution >= 0.6 is 11.3 Å². The molecule has 1 fully saturated rings. The topological polar surface area (TPSA) is 110 Å². The number of anilines is 1. The Labute approximate surface area is 144 Å². The van der Waals surface area contributed by atoms with Crippen molar-refractivity contribution in [2.45, 2.75) is 6.42 Å². The maximum absolute atomic E-state index is 12.1. The van der Waals surface area contributed by atoms with E-state index in [0.29, 0.717) is 22.9 Å². The quantitative estimate of drug-likeness (QED) is 0.701. The first-order chi connectivity index (χ1) is 11.7. The molecule has 24 heavy (non-hydrogen) atoms. The second kappa shape index (κ2) is 5.68. The summed E-state index contributed by atoms with van der Waals surface area (Å²) < 4.78 is 4.65. The molecule has 2 N–H and O–H groups in total. The predicted octanol–water partition coefficient (Wildman–Crippen LogP) is 2.57. The number of carbonyl (C=O) groups is 2. The summed E-state index contributed by atoms with van der Waals surface area (Å²) in [5.41, 5.74) is 2.11. The van der Waals surface area contributed by atoms with Gasteiger partial charge in [0.2, 0.25) is 5.91 Å². The Morgan fingerprint density at radius 2 is 2.29 bits per heavy atom. The Morgan fingerprint density at radius 3 is 3.12 bits per heavy atom. The zero-order valence-electron chi connectivity index (χ0n) is 12.6. The average molecular weight is 349 g/mol. The molecule has 1 aliphatic carbocycles. The molecule has 1 saturated carbocycles. The van der Waals surface area contributed by atoms with Gasteiger partial charge in [0.25, 0.3) is 0 Å². The number of amides is 1. The van der Waals surface area contributed by atoms with Crippen molar-refractivity contribution in [2.24, 2.45) is 11.8 Å². The summed E-state index contributed by atoms with van der Waals surface area (Å²) in [6.07, 6.45) is 3.78. The third-order valence-electron chi connectivity index (χ3n) is 3.96. The summed E-state index contributed by atoms with van der Waals surface area (Å²) in [7, 11) is 1.33. The number of esters is 1. The third kappa shape index (κ3) is 2.52. The van der Waals surface area contributed by atoms with Crippen molar-refractivity contribution in [1.82, 2.24) is 19.9 Å². The van der Waals surface area contributed by atoms with Crippen LogP contribution in [0.15, 0.2) is 24.0 Å². The van der Waals surface area contributed by atoms with Crippen molar-refractivity contribution in [3.8, 4) is 11.4 Å². The van der Waals surface area contributed by atoms with E-state index in [1.807, 2.05) is 11.4 Å². The Hall–Kier alpha value is -2.81. The van der Waals surface area contributed by atoms with Gasteiger partial charge in [0.1, 0.15) is 23.4 Å². The zero-order valence-corrected chi connectivity index (χ0v) is 13.5. The van der Waals surface area contributed by atoms with Gasteiger partial charge in [0.15, 0.2) is 5.13 Å². The van der Waals surface area contributed by atoms with Crippen molar-refractivity contribution in [2.75, 3.05) is 12.4 Å². The SMILES string of the molecule is COC(=O)[C@H]1C[C@H]1C(=O)Nc1nc(-c2ncnc3[nH]ccc23)cs1.[HH].[HH].[HH]. The van der Waals surface area contributed by atoms with Gasteiger partial charge >= 0.3 is 5.97 Å². The number of aromatic nitrogens is 4. The van der Waals surface area contributed by atoms with Gasteiger partial charge in [-0.25, -0.2) is 15.0 Å². The predicted molar refractivity (Wildman–Crippen MR) is 93.6 cm³/mol. The standard InChI is InChI=1S/C15H13N5O3S.3H2/c1-23-14(22)9-4-8(9)13(21)20-15-19-10(5-24-15)11-7-2-3-16-12(7)18-6-17-11;;;/h2-3,5-6,8-9H,4H2,1H3,(H,16,17,18)(H,19,20,21);3*1H/t8-,9+;;;/m1.../s1. The molecule has 8 nitrogen and oxygen atoms in total. The van der Waals surface area contributed by atoms with Crippen LogP contribution in [0, 0.1) is 11.8 Å². The number of nitrogens with one attached hydrogen (secondary N) is 2. The van der Waals surface area contributed by atoms with Crippen LogP contribution in [0.1, 0.15) is 10.7 Å². The lowest BCUT2D eigenvalue weighted by molar-refractivity contribution is -0.143. The molecular formula is C15H19N5O3S. The Morgan fingerprint density at radius 1 is 1.42 bits per heavy atom. The van der Waals surface area contributed by atoms with Crippen molar-refractivity contribution < 1.29 is 18.6 Å². The van der Waals surface area contributed by atoms with E-state index in [1.54, 1.807) is 6.20 Å². The molecule has 2 atom stereocenters. The van der Waals surface area contributed by atoms with E-state index in [0.717, 1.165) is 11.0 Å². The maximum Gasteiger partial charge on any atom is 0.309 e. The van der Waals surface area contributed by atoms with Crippen molar-refractivity contribution in [1.29, 1.82) is 0 Å². The summed E-state index contributed by atoms with van der Waals surface area (Å²) in [5.74, 6) is -1.22. The van der Waals surface area contributed by atoms with E-state index < -0.39 is 0 Å². The number of ether oxygens (including phenoxy) is 1. The lowest BCUT2D eigenvalue weighted by atomic mass is 10.2.